The molecule has 3 rings (SSSR count). The van der Waals surface area contributed by atoms with Crippen molar-refractivity contribution in [2.75, 3.05) is 25.0 Å². The van der Waals surface area contributed by atoms with E-state index in [9.17, 15) is 24.6 Å². The standard InChI is InChI=1S/C23H23N5O7/c29-19-13-16(34-12-11-26-22-24-9-4-10-25-22)7-8-17(19)20(30)27-14-18(21(31)32)28-23(33)35-15-5-2-1-3-6-15/h1-10,13,18,29H,11-12,14H2,(H,27,30)(H,28,33)(H,31,32)(H,24,25,26)/t18-/m0/s1. The molecule has 12 nitrogen and oxygen atoms in total. The highest BCUT2D eigenvalue weighted by atomic mass is 16.6. The van der Waals surface area contributed by atoms with Crippen molar-refractivity contribution in [3.63, 3.8) is 0 Å². The van der Waals surface area contributed by atoms with Crippen LogP contribution in [0.5, 0.6) is 17.2 Å². The summed E-state index contributed by atoms with van der Waals surface area (Å²) < 4.78 is 10.5. The predicted molar refractivity (Wildman–Crippen MR) is 123 cm³/mol. The van der Waals surface area contributed by atoms with Crippen LogP contribution in [0.2, 0.25) is 0 Å². The highest BCUT2D eigenvalue weighted by molar-refractivity contribution is 5.97. The lowest BCUT2D eigenvalue weighted by Crippen LogP contribution is -2.49. The minimum atomic E-state index is -1.46. The van der Waals surface area contributed by atoms with Crippen LogP contribution in [0.4, 0.5) is 10.7 Å². The Labute approximate surface area is 199 Å². The Morgan fingerprint density at radius 1 is 0.971 bits per heavy atom. The van der Waals surface area contributed by atoms with Gasteiger partial charge in [-0.3, -0.25) is 4.79 Å². The first kappa shape index (κ1) is 24.8. The molecule has 182 valence electrons. The number of hydrogen-bond donors (Lipinski definition) is 5. The summed E-state index contributed by atoms with van der Waals surface area (Å²) >= 11 is 0. The van der Waals surface area contributed by atoms with Crippen LogP contribution < -0.4 is 25.4 Å². The van der Waals surface area contributed by atoms with E-state index in [1.54, 1.807) is 36.7 Å². The number of carbonyl (C=O) groups excluding carboxylic acids is 2. The Hall–Kier alpha value is -4.87. The van der Waals surface area contributed by atoms with E-state index in [-0.39, 0.29) is 23.7 Å². The average molecular weight is 481 g/mol. The molecule has 0 aliphatic rings. The Morgan fingerprint density at radius 2 is 1.71 bits per heavy atom. The maximum Gasteiger partial charge on any atom is 0.413 e. The third-order valence-corrected chi connectivity index (χ3v) is 4.44. The molecular weight excluding hydrogens is 458 g/mol. The van der Waals surface area contributed by atoms with Crippen molar-refractivity contribution in [3.05, 3.63) is 72.6 Å². The molecular formula is C23H23N5O7. The number of amides is 2. The third-order valence-electron chi connectivity index (χ3n) is 4.44. The Balaban J connectivity index is 1.47. The second-order valence-corrected chi connectivity index (χ2v) is 6.97. The summed E-state index contributed by atoms with van der Waals surface area (Å²) in [7, 11) is 0. The van der Waals surface area contributed by atoms with E-state index in [1.165, 1.54) is 30.3 Å². The lowest BCUT2D eigenvalue weighted by molar-refractivity contribution is -0.139. The Morgan fingerprint density at radius 3 is 2.40 bits per heavy atom. The van der Waals surface area contributed by atoms with Crippen molar-refractivity contribution in [1.82, 2.24) is 20.6 Å². The maximum atomic E-state index is 12.4. The van der Waals surface area contributed by atoms with Gasteiger partial charge in [0.2, 0.25) is 5.95 Å². The molecule has 12 heteroatoms. The Kier molecular flexibility index (Phi) is 8.77. The number of aromatic nitrogens is 2. The molecule has 0 aliphatic heterocycles. The summed E-state index contributed by atoms with van der Waals surface area (Å²) in [5, 5.41) is 27.0. The molecule has 3 aromatic rings. The van der Waals surface area contributed by atoms with Crippen LogP contribution in [0, 0.1) is 0 Å². The molecule has 1 atom stereocenters. The Bertz CT molecular complexity index is 1150. The van der Waals surface area contributed by atoms with Crippen molar-refractivity contribution in [2.24, 2.45) is 0 Å². The van der Waals surface area contributed by atoms with Gasteiger partial charge in [0.05, 0.1) is 12.1 Å². The second kappa shape index (κ2) is 12.4. The van der Waals surface area contributed by atoms with Crippen molar-refractivity contribution >= 4 is 23.9 Å². The molecule has 0 bridgehead atoms. The van der Waals surface area contributed by atoms with Gasteiger partial charge in [-0.2, -0.15) is 0 Å². The fourth-order valence-corrected chi connectivity index (χ4v) is 2.77. The number of carbonyl (C=O) groups is 3. The van der Waals surface area contributed by atoms with Gasteiger partial charge < -0.3 is 35.6 Å². The molecule has 0 fully saturated rings. The van der Waals surface area contributed by atoms with E-state index in [2.05, 4.69) is 25.9 Å². The number of rotatable bonds is 11. The fraction of sp³-hybridized carbons (Fsp3) is 0.174. The van der Waals surface area contributed by atoms with Gasteiger partial charge in [0.25, 0.3) is 5.91 Å². The molecule has 5 N–H and O–H groups in total. The smallest absolute Gasteiger partial charge is 0.413 e. The van der Waals surface area contributed by atoms with E-state index in [0.29, 0.717) is 18.2 Å². The van der Waals surface area contributed by atoms with Gasteiger partial charge in [0, 0.05) is 25.0 Å². The molecule has 0 saturated heterocycles. The minimum Gasteiger partial charge on any atom is -0.507 e. The van der Waals surface area contributed by atoms with Crippen LogP contribution >= 0.6 is 0 Å². The SMILES string of the molecule is O=C(N[C@@H](CNC(=O)c1ccc(OCCNc2ncccn2)cc1O)C(=O)O)Oc1ccccc1. The molecule has 1 aromatic heterocycles. The molecule has 2 aromatic carbocycles. The van der Waals surface area contributed by atoms with Crippen LogP contribution in [0.1, 0.15) is 10.4 Å². The highest BCUT2D eigenvalue weighted by Crippen LogP contribution is 2.23. The van der Waals surface area contributed by atoms with Gasteiger partial charge in [0.1, 0.15) is 29.9 Å². The molecule has 0 radical (unpaired) electrons. The van der Waals surface area contributed by atoms with Crippen LogP contribution in [-0.2, 0) is 4.79 Å². The summed E-state index contributed by atoms with van der Waals surface area (Å²) in [4.78, 5) is 43.9. The van der Waals surface area contributed by atoms with E-state index in [0.717, 1.165) is 0 Å². The van der Waals surface area contributed by atoms with Gasteiger partial charge in [-0.15, -0.1) is 0 Å². The van der Waals surface area contributed by atoms with Crippen molar-refractivity contribution in [2.45, 2.75) is 6.04 Å². The van der Waals surface area contributed by atoms with Crippen LogP contribution in [0.25, 0.3) is 0 Å². The number of phenolic OH excluding ortho intramolecular Hbond substituents is 1. The lowest BCUT2D eigenvalue weighted by atomic mass is 10.1. The quantitative estimate of drug-likeness (QED) is 0.254. The number of nitrogens with zero attached hydrogens (tertiary/aromatic N) is 2. The van der Waals surface area contributed by atoms with Crippen molar-refractivity contribution < 1.29 is 34.1 Å². The molecule has 0 aliphatic carbocycles. The monoisotopic (exact) mass is 481 g/mol. The first-order valence-corrected chi connectivity index (χ1v) is 10.4. The third kappa shape index (κ3) is 7.89. The van der Waals surface area contributed by atoms with Gasteiger partial charge >= 0.3 is 12.1 Å². The van der Waals surface area contributed by atoms with Gasteiger partial charge in [0.15, 0.2) is 0 Å². The minimum absolute atomic E-state index is 0.0934. The van der Waals surface area contributed by atoms with Crippen LogP contribution in [0.3, 0.4) is 0 Å². The number of benzene rings is 2. The van der Waals surface area contributed by atoms with E-state index in [4.69, 9.17) is 9.47 Å². The second-order valence-electron chi connectivity index (χ2n) is 6.97. The van der Waals surface area contributed by atoms with Crippen molar-refractivity contribution in [3.8, 4) is 17.2 Å². The highest BCUT2D eigenvalue weighted by Gasteiger charge is 2.23. The van der Waals surface area contributed by atoms with E-state index >= 15 is 0 Å². The van der Waals surface area contributed by atoms with Gasteiger partial charge in [-0.05, 0) is 30.3 Å². The normalized spacial score (nSPS) is 11.1. The molecule has 35 heavy (non-hydrogen) atoms. The zero-order valence-electron chi connectivity index (χ0n) is 18.4. The fourth-order valence-electron chi connectivity index (χ4n) is 2.77. The number of phenols is 1. The van der Waals surface area contributed by atoms with Crippen LogP contribution in [-0.4, -0.2) is 63.9 Å². The lowest BCUT2D eigenvalue weighted by Gasteiger charge is -2.16. The summed E-state index contributed by atoms with van der Waals surface area (Å²) in [6, 6.07) is 12.4. The first-order chi connectivity index (χ1) is 16.9. The topological polar surface area (TPSA) is 172 Å². The van der Waals surface area contributed by atoms with Crippen molar-refractivity contribution in [1.29, 1.82) is 0 Å². The van der Waals surface area contributed by atoms with Crippen LogP contribution in [0.15, 0.2) is 67.0 Å². The maximum absolute atomic E-state index is 12.4. The number of para-hydroxylation sites is 1. The summed E-state index contributed by atoms with van der Waals surface area (Å²) in [5.74, 6) is -1.46. The predicted octanol–water partition coefficient (Wildman–Crippen LogP) is 1.64. The number of nitrogens with one attached hydrogen (secondary N) is 3. The largest absolute Gasteiger partial charge is 0.507 e. The summed E-state index contributed by atoms with van der Waals surface area (Å²) in [6.45, 7) is 0.209. The first-order valence-electron chi connectivity index (χ1n) is 10.4. The molecule has 2 amide bonds. The summed E-state index contributed by atoms with van der Waals surface area (Å²) in [5.41, 5.74) is -0.0934. The number of carboxylic acid groups (broad SMARTS) is 1. The van der Waals surface area contributed by atoms with E-state index in [1.807, 2.05) is 0 Å². The number of aliphatic carboxylic acids is 1. The molecule has 0 spiro atoms. The number of ether oxygens (including phenoxy) is 2. The summed E-state index contributed by atoms with van der Waals surface area (Å²) in [6.07, 6.45) is 2.21. The number of hydrogen-bond acceptors (Lipinski definition) is 9. The average Bonchev–Trinajstić information content (AvgIpc) is 2.85. The van der Waals surface area contributed by atoms with E-state index < -0.39 is 30.6 Å². The van der Waals surface area contributed by atoms with Gasteiger partial charge in [-0.1, -0.05) is 18.2 Å². The van der Waals surface area contributed by atoms with Gasteiger partial charge in [-0.25, -0.2) is 19.6 Å². The number of carboxylic acids is 1. The molecule has 0 unspecified atom stereocenters. The number of anilines is 1. The zero-order chi connectivity index (χ0) is 25.0. The zero-order valence-corrected chi connectivity index (χ0v) is 18.4. The number of aromatic hydroxyl groups is 1. The molecule has 1 heterocycles. The molecule has 0 saturated carbocycles.